The third-order valence-corrected chi connectivity index (χ3v) is 6.24. The molecule has 1 heterocycles. The normalized spacial score (nSPS) is 27.1. The standard InChI is InChI=1S/C16H25NO2S/c1-4-17-16(14-8-6-5-7-9-14)13(3)20(18)15-10-11-19-12(15)2/h5-9,12-13,15-17H,4,10-11H2,1-3H3. The van der Waals surface area contributed by atoms with Crippen molar-refractivity contribution in [2.24, 2.45) is 0 Å². The molecule has 0 radical (unpaired) electrons. The first kappa shape index (κ1) is 15.7. The molecule has 1 aliphatic rings. The van der Waals surface area contributed by atoms with Crippen LogP contribution in [0.25, 0.3) is 0 Å². The highest BCUT2D eigenvalue weighted by Gasteiger charge is 2.35. The highest BCUT2D eigenvalue weighted by Crippen LogP contribution is 2.27. The largest absolute Gasteiger partial charge is 0.377 e. The zero-order chi connectivity index (χ0) is 14.5. The summed E-state index contributed by atoms with van der Waals surface area (Å²) in [6.45, 7) is 7.82. The Balaban J connectivity index is 2.14. The summed E-state index contributed by atoms with van der Waals surface area (Å²) in [6, 6.07) is 10.4. The lowest BCUT2D eigenvalue weighted by Crippen LogP contribution is -2.38. The minimum Gasteiger partial charge on any atom is -0.377 e. The Hall–Kier alpha value is -0.710. The summed E-state index contributed by atoms with van der Waals surface area (Å²) in [5.74, 6) is 0. The molecule has 20 heavy (non-hydrogen) atoms. The average molecular weight is 295 g/mol. The summed E-state index contributed by atoms with van der Waals surface area (Å²) in [5, 5.41) is 3.72. The predicted octanol–water partition coefficient (Wildman–Crippen LogP) is 2.65. The Bertz CT molecular complexity index is 437. The van der Waals surface area contributed by atoms with E-state index in [9.17, 15) is 4.21 Å². The van der Waals surface area contributed by atoms with E-state index in [2.05, 4.69) is 31.3 Å². The molecule has 3 nitrogen and oxygen atoms in total. The van der Waals surface area contributed by atoms with Crippen molar-refractivity contribution in [3.8, 4) is 0 Å². The fourth-order valence-corrected chi connectivity index (χ4v) is 4.72. The van der Waals surface area contributed by atoms with Crippen molar-refractivity contribution >= 4 is 10.8 Å². The summed E-state index contributed by atoms with van der Waals surface area (Å²) < 4.78 is 18.4. The van der Waals surface area contributed by atoms with Gasteiger partial charge in [-0.1, -0.05) is 37.3 Å². The van der Waals surface area contributed by atoms with Crippen molar-refractivity contribution in [1.29, 1.82) is 0 Å². The predicted molar refractivity (Wildman–Crippen MR) is 84.3 cm³/mol. The van der Waals surface area contributed by atoms with E-state index >= 15 is 0 Å². The summed E-state index contributed by atoms with van der Waals surface area (Å²) in [7, 11) is -0.890. The molecule has 1 N–H and O–H groups in total. The SMILES string of the molecule is CCNC(c1ccccc1)C(C)S(=O)C1CCOC1C. The van der Waals surface area contributed by atoms with Crippen molar-refractivity contribution < 1.29 is 8.95 Å². The van der Waals surface area contributed by atoms with Gasteiger partial charge in [-0.2, -0.15) is 0 Å². The third-order valence-electron chi connectivity index (χ3n) is 4.02. The molecule has 0 spiro atoms. The first-order valence-corrected chi connectivity index (χ1v) is 8.72. The van der Waals surface area contributed by atoms with Crippen molar-refractivity contribution in [1.82, 2.24) is 5.32 Å². The van der Waals surface area contributed by atoms with Crippen molar-refractivity contribution in [2.45, 2.75) is 49.8 Å². The first-order valence-electron chi connectivity index (χ1n) is 7.44. The summed E-state index contributed by atoms with van der Waals surface area (Å²) in [6.07, 6.45) is 1.02. The van der Waals surface area contributed by atoms with Crippen LogP contribution >= 0.6 is 0 Å². The van der Waals surface area contributed by atoms with Crippen LogP contribution < -0.4 is 5.32 Å². The molecule has 1 saturated heterocycles. The zero-order valence-corrected chi connectivity index (χ0v) is 13.4. The maximum Gasteiger partial charge on any atom is 0.0691 e. The van der Waals surface area contributed by atoms with Gasteiger partial charge in [0.05, 0.1) is 16.6 Å². The van der Waals surface area contributed by atoms with Crippen LogP contribution in [0.4, 0.5) is 0 Å². The number of hydrogen-bond acceptors (Lipinski definition) is 3. The molecule has 0 aliphatic carbocycles. The van der Waals surface area contributed by atoms with E-state index in [1.807, 2.05) is 25.1 Å². The Kier molecular flexibility index (Phi) is 5.75. The van der Waals surface area contributed by atoms with E-state index in [-0.39, 0.29) is 22.6 Å². The van der Waals surface area contributed by atoms with Gasteiger partial charge in [0.1, 0.15) is 0 Å². The quantitative estimate of drug-likeness (QED) is 0.877. The van der Waals surface area contributed by atoms with Crippen LogP contribution in [0, 0.1) is 0 Å². The molecule has 0 amide bonds. The second-order valence-corrected chi connectivity index (χ2v) is 7.39. The second-order valence-electron chi connectivity index (χ2n) is 5.38. The smallest absolute Gasteiger partial charge is 0.0691 e. The molecule has 1 aromatic carbocycles. The minimum atomic E-state index is -0.890. The Morgan fingerprint density at radius 2 is 2.10 bits per heavy atom. The van der Waals surface area contributed by atoms with E-state index < -0.39 is 10.8 Å². The molecule has 1 aromatic rings. The molecule has 0 saturated carbocycles. The molecule has 4 heteroatoms. The van der Waals surface area contributed by atoms with Crippen molar-refractivity contribution in [3.63, 3.8) is 0 Å². The summed E-state index contributed by atoms with van der Waals surface area (Å²) >= 11 is 0. The van der Waals surface area contributed by atoms with Gasteiger partial charge in [0, 0.05) is 23.4 Å². The maximum absolute atomic E-state index is 12.8. The number of rotatable bonds is 6. The molecule has 5 unspecified atom stereocenters. The van der Waals surface area contributed by atoms with Crippen LogP contribution in [0.2, 0.25) is 0 Å². The third kappa shape index (κ3) is 3.48. The van der Waals surface area contributed by atoms with Gasteiger partial charge in [0.25, 0.3) is 0 Å². The van der Waals surface area contributed by atoms with Crippen molar-refractivity contribution in [2.75, 3.05) is 13.2 Å². The van der Waals surface area contributed by atoms with Gasteiger partial charge >= 0.3 is 0 Å². The maximum atomic E-state index is 12.8. The van der Waals surface area contributed by atoms with Crippen LogP contribution in [0.3, 0.4) is 0 Å². The van der Waals surface area contributed by atoms with Gasteiger partial charge in [-0.05, 0) is 32.4 Å². The number of ether oxygens (including phenoxy) is 1. The highest BCUT2D eigenvalue weighted by molar-refractivity contribution is 7.86. The van der Waals surface area contributed by atoms with Gasteiger partial charge in [-0.25, -0.2) is 0 Å². The molecule has 1 fully saturated rings. The van der Waals surface area contributed by atoms with Crippen LogP contribution in [0.15, 0.2) is 30.3 Å². The van der Waals surface area contributed by atoms with E-state index in [0.717, 1.165) is 19.6 Å². The van der Waals surface area contributed by atoms with Gasteiger partial charge < -0.3 is 10.1 Å². The molecule has 0 aromatic heterocycles. The molecule has 0 bridgehead atoms. The number of hydrogen-bond donors (Lipinski definition) is 1. The van der Waals surface area contributed by atoms with E-state index in [1.54, 1.807) is 0 Å². The lowest BCUT2D eigenvalue weighted by Gasteiger charge is -2.28. The summed E-state index contributed by atoms with van der Waals surface area (Å²) in [4.78, 5) is 0. The van der Waals surface area contributed by atoms with Crippen LogP contribution in [0.5, 0.6) is 0 Å². The van der Waals surface area contributed by atoms with Gasteiger partial charge in [-0.3, -0.25) is 4.21 Å². The lowest BCUT2D eigenvalue weighted by atomic mass is 10.0. The lowest BCUT2D eigenvalue weighted by molar-refractivity contribution is 0.126. The molecule has 1 aliphatic heterocycles. The van der Waals surface area contributed by atoms with E-state index in [1.165, 1.54) is 5.56 Å². The topological polar surface area (TPSA) is 38.3 Å². The molecule has 5 atom stereocenters. The van der Waals surface area contributed by atoms with Crippen LogP contribution in [0.1, 0.15) is 38.8 Å². The Labute approximate surface area is 124 Å². The number of benzene rings is 1. The zero-order valence-electron chi connectivity index (χ0n) is 12.5. The van der Waals surface area contributed by atoms with Crippen LogP contribution in [-0.2, 0) is 15.5 Å². The fourth-order valence-electron chi connectivity index (χ4n) is 2.86. The fraction of sp³-hybridized carbons (Fsp3) is 0.625. The minimum absolute atomic E-state index is 0.0755. The van der Waals surface area contributed by atoms with Gasteiger partial charge in [0.15, 0.2) is 0 Å². The number of nitrogens with one attached hydrogen (secondary N) is 1. The van der Waals surface area contributed by atoms with Crippen molar-refractivity contribution in [3.05, 3.63) is 35.9 Å². The van der Waals surface area contributed by atoms with Crippen LogP contribution in [-0.4, -0.2) is 34.0 Å². The van der Waals surface area contributed by atoms with E-state index in [4.69, 9.17) is 4.74 Å². The second kappa shape index (κ2) is 7.34. The molecular weight excluding hydrogens is 270 g/mol. The summed E-state index contributed by atoms with van der Waals surface area (Å²) in [5.41, 5.74) is 1.21. The molecule has 2 rings (SSSR count). The molecular formula is C16H25NO2S. The first-order chi connectivity index (χ1) is 9.65. The van der Waals surface area contributed by atoms with Gasteiger partial charge in [-0.15, -0.1) is 0 Å². The van der Waals surface area contributed by atoms with E-state index in [0.29, 0.717) is 0 Å². The monoisotopic (exact) mass is 295 g/mol. The Morgan fingerprint density at radius 1 is 1.40 bits per heavy atom. The average Bonchev–Trinajstić information content (AvgIpc) is 2.90. The highest BCUT2D eigenvalue weighted by atomic mass is 32.2. The molecule has 112 valence electrons. The van der Waals surface area contributed by atoms with Gasteiger partial charge in [0.2, 0.25) is 0 Å². The Morgan fingerprint density at radius 3 is 2.65 bits per heavy atom.